The summed E-state index contributed by atoms with van der Waals surface area (Å²) in [5.74, 6) is 0. The normalized spacial score (nSPS) is 11.6. The van der Waals surface area contributed by atoms with Crippen molar-refractivity contribution in [1.29, 1.82) is 0 Å². The van der Waals surface area contributed by atoms with Crippen molar-refractivity contribution < 1.29 is 0 Å². The number of hydrogen-bond donors (Lipinski definition) is 1. The van der Waals surface area contributed by atoms with E-state index >= 15 is 0 Å². The van der Waals surface area contributed by atoms with E-state index < -0.39 is 0 Å². The van der Waals surface area contributed by atoms with Crippen molar-refractivity contribution in [2.75, 3.05) is 13.1 Å². The van der Waals surface area contributed by atoms with Crippen LogP contribution in [0, 0.1) is 0 Å². The molecule has 0 saturated heterocycles. The van der Waals surface area contributed by atoms with Gasteiger partial charge in [-0.2, -0.15) is 0 Å². The van der Waals surface area contributed by atoms with E-state index in [0.717, 1.165) is 0 Å². The van der Waals surface area contributed by atoms with Crippen LogP contribution in [0.1, 0.15) is 296 Å². The molecule has 0 radical (unpaired) electrons. The fraction of sp³-hybridized carbons (Fsp3) is 1.00. The molecule has 0 heterocycles. The molecular weight excluding hydrogens is 591 g/mol. The quantitative estimate of drug-likeness (QED) is 0.0627. The molecule has 0 aliphatic carbocycles. The molecule has 0 aliphatic heterocycles. The molecule has 1 nitrogen and oxygen atoms in total. The SMILES string of the molecule is CCCCCCCCCCCCCCCCCCCCCCCCNCCCCCCCCCCCCCCCCCCCCCCCC. The van der Waals surface area contributed by atoms with Crippen molar-refractivity contribution in [1.82, 2.24) is 5.32 Å². The van der Waals surface area contributed by atoms with Gasteiger partial charge in [-0.05, 0) is 25.9 Å². The molecule has 0 bridgehead atoms. The molecule has 0 aliphatic rings. The summed E-state index contributed by atoms with van der Waals surface area (Å²) in [7, 11) is 0. The van der Waals surface area contributed by atoms with Crippen molar-refractivity contribution >= 4 is 0 Å². The highest BCUT2D eigenvalue weighted by atomic mass is 14.8. The van der Waals surface area contributed by atoms with E-state index in [4.69, 9.17) is 0 Å². The molecule has 0 rings (SSSR count). The van der Waals surface area contributed by atoms with Crippen molar-refractivity contribution in [3.05, 3.63) is 0 Å². The molecule has 0 amide bonds. The second-order valence-electron chi connectivity index (χ2n) is 16.6. The number of hydrogen-bond acceptors (Lipinski definition) is 1. The Hall–Kier alpha value is -0.0400. The largest absolute Gasteiger partial charge is 0.317 e. The highest BCUT2D eigenvalue weighted by Gasteiger charge is 1.98. The number of unbranched alkanes of at least 4 members (excludes halogenated alkanes) is 42. The van der Waals surface area contributed by atoms with Crippen LogP contribution >= 0.6 is 0 Å². The van der Waals surface area contributed by atoms with E-state index in [0.29, 0.717) is 0 Å². The molecule has 0 spiro atoms. The van der Waals surface area contributed by atoms with E-state index in [-0.39, 0.29) is 0 Å². The Labute approximate surface area is 313 Å². The van der Waals surface area contributed by atoms with Gasteiger partial charge in [-0.15, -0.1) is 0 Å². The Balaban J connectivity index is 3.04. The molecule has 0 aromatic rings. The van der Waals surface area contributed by atoms with Crippen LogP contribution in [0.5, 0.6) is 0 Å². The van der Waals surface area contributed by atoms with Crippen LogP contribution in [0.25, 0.3) is 0 Å². The van der Waals surface area contributed by atoms with E-state index in [9.17, 15) is 0 Å². The summed E-state index contributed by atoms with van der Waals surface area (Å²) < 4.78 is 0. The minimum atomic E-state index is 1.25. The molecule has 0 fully saturated rings. The summed E-state index contributed by atoms with van der Waals surface area (Å²) >= 11 is 0. The molecule has 0 unspecified atom stereocenters. The molecule has 0 aromatic carbocycles. The maximum atomic E-state index is 3.71. The van der Waals surface area contributed by atoms with Crippen LogP contribution in [0.3, 0.4) is 0 Å². The average molecular weight is 690 g/mol. The summed E-state index contributed by atoms with van der Waals surface area (Å²) in [4.78, 5) is 0. The minimum absolute atomic E-state index is 1.25. The van der Waals surface area contributed by atoms with Crippen LogP contribution in [0.2, 0.25) is 0 Å². The fourth-order valence-electron chi connectivity index (χ4n) is 7.84. The fourth-order valence-corrected chi connectivity index (χ4v) is 7.84. The molecule has 1 heteroatoms. The Morgan fingerprint density at radius 3 is 0.429 bits per heavy atom. The van der Waals surface area contributed by atoms with Gasteiger partial charge in [-0.1, -0.05) is 284 Å². The predicted molar refractivity (Wildman–Crippen MR) is 227 cm³/mol. The lowest BCUT2D eigenvalue weighted by Crippen LogP contribution is -2.16. The Bertz CT molecular complexity index is 483. The van der Waals surface area contributed by atoms with Gasteiger partial charge in [-0.3, -0.25) is 0 Å². The van der Waals surface area contributed by atoms with Gasteiger partial charge in [0.2, 0.25) is 0 Å². The minimum Gasteiger partial charge on any atom is -0.317 e. The third-order valence-electron chi connectivity index (χ3n) is 11.4. The number of nitrogens with one attached hydrogen (secondary N) is 1. The van der Waals surface area contributed by atoms with Gasteiger partial charge in [-0.25, -0.2) is 0 Å². The first-order chi connectivity index (χ1) is 24.4. The average Bonchev–Trinajstić information content (AvgIpc) is 3.11. The highest BCUT2D eigenvalue weighted by Crippen LogP contribution is 2.17. The van der Waals surface area contributed by atoms with Gasteiger partial charge in [0, 0.05) is 0 Å². The van der Waals surface area contributed by atoms with Gasteiger partial charge in [0.1, 0.15) is 0 Å². The topological polar surface area (TPSA) is 12.0 Å². The van der Waals surface area contributed by atoms with Crippen molar-refractivity contribution in [2.45, 2.75) is 296 Å². The summed E-state index contributed by atoms with van der Waals surface area (Å²) in [6.07, 6.45) is 64.7. The first kappa shape index (κ1) is 49.0. The maximum absolute atomic E-state index is 3.71. The first-order valence-corrected chi connectivity index (χ1v) is 24.1. The Morgan fingerprint density at radius 2 is 0.286 bits per heavy atom. The zero-order valence-electron chi connectivity index (χ0n) is 35.0. The van der Waals surface area contributed by atoms with Crippen LogP contribution in [0.4, 0.5) is 0 Å². The summed E-state index contributed by atoms with van der Waals surface area (Å²) in [5, 5.41) is 3.71. The highest BCUT2D eigenvalue weighted by molar-refractivity contribution is 4.55. The summed E-state index contributed by atoms with van der Waals surface area (Å²) in [5.41, 5.74) is 0. The lowest BCUT2D eigenvalue weighted by molar-refractivity contribution is 0.511. The van der Waals surface area contributed by atoms with Gasteiger partial charge in [0.15, 0.2) is 0 Å². The van der Waals surface area contributed by atoms with Crippen molar-refractivity contribution in [2.24, 2.45) is 0 Å². The Kier molecular flexibility index (Phi) is 47.9. The Morgan fingerprint density at radius 1 is 0.163 bits per heavy atom. The lowest BCUT2D eigenvalue weighted by atomic mass is 10.0. The van der Waals surface area contributed by atoms with Crippen LogP contribution in [0.15, 0.2) is 0 Å². The molecule has 49 heavy (non-hydrogen) atoms. The van der Waals surface area contributed by atoms with Crippen molar-refractivity contribution in [3.8, 4) is 0 Å². The van der Waals surface area contributed by atoms with Gasteiger partial charge < -0.3 is 5.32 Å². The zero-order chi connectivity index (χ0) is 35.2. The second-order valence-corrected chi connectivity index (χ2v) is 16.6. The van der Waals surface area contributed by atoms with Crippen LogP contribution < -0.4 is 5.32 Å². The first-order valence-electron chi connectivity index (χ1n) is 24.1. The standard InChI is InChI=1S/C48H99N/c1-3-5-7-9-11-13-15-17-19-21-23-25-27-29-31-33-35-37-39-41-43-45-47-49-48-46-44-42-40-38-36-34-32-30-28-26-24-22-20-18-16-14-12-10-8-6-4-2/h49H,3-48H2,1-2H3. The third kappa shape index (κ3) is 48.0. The van der Waals surface area contributed by atoms with Crippen LogP contribution in [-0.2, 0) is 0 Å². The summed E-state index contributed by atoms with van der Waals surface area (Å²) in [6.45, 7) is 7.12. The van der Waals surface area contributed by atoms with E-state index in [1.807, 2.05) is 0 Å². The van der Waals surface area contributed by atoms with Gasteiger partial charge >= 0.3 is 0 Å². The molecular formula is C48H99N. The third-order valence-corrected chi connectivity index (χ3v) is 11.4. The molecule has 1 N–H and O–H groups in total. The monoisotopic (exact) mass is 690 g/mol. The predicted octanol–water partition coefficient (Wildman–Crippen LogP) is 17.8. The van der Waals surface area contributed by atoms with E-state index in [2.05, 4.69) is 19.2 Å². The summed E-state index contributed by atoms with van der Waals surface area (Å²) in [6, 6.07) is 0. The van der Waals surface area contributed by atoms with E-state index in [1.165, 1.54) is 296 Å². The lowest BCUT2D eigenvalue weighted by Gasteiger charge is -2.06. The van der Waals surface area contributed by atoms with Gasteiger partial charge in [0.05, 0.1) is 0 Å². The molecule has 0 atom stereocenters. The molecule has 0 saturated carbocycles. The zero-order valence-corrected chi connectivity index (χ0v) is 35.0. The molecule has 296 valence electrons. The number of rotatable bonds is 46. The van der Waals surface area contributed by atoms with E-state index in [1.54, 1.807) is 0 Å². The smallest absolute Gasteiger partial charge is 0.00489 e. The van der Waals surface area contributed by atoms with Crippen molar-refractivity contribution in [3.63, 3.8) is 0 Å². The maximum Gasteiger partial charge on any atom is -0.00489 e. The second kappa shape index (κ2) is 48.0. The van der Waals surface area contributed by atoms with Gasteiger partial charge in [0.25, 0.3) is 0 Å². The molecule has 0 aromatic heterocycles. The van der Waals surface area contributed by atoms with Crippen LogP contribution in [-0.4, -0.2) is 13.1 Å².